The van der Waals surface area contributed by atoms with Gasteiger partial charge in [0.15, 0.2) is 12.1 Å². The minimum atomic E-state index is -0.866. The van der Waals surface area contributed by atoms with E-state index in [0.717, 1.165) is 0 Å². The minimum absolute atomic E-state index is 0.280. The standard InChI is InChI=1S/C11H18O5/c1-8(15-9(2)12)7-11(14-4)6-5-10(13-3)16-11/h5-6,8,10H,7H2,1-4H3. The monoisotopic (exact) mass is 230 g/mol. The Hall–Kier alpha value is -0.910. The van der Waals surface area contributed by atoms with E-state index in [-0.39, 0.29) is 12.1 Å². The number of rotatable bonds is 5. The van der Waals surface area contributed by atoms with E-state index in [2.05, 4.69) is 0 Å². The third kappa shape index (κ3) is 3.30. The van der Waals surface area contributed by atoms with Gasteiger partial charge in [-0.25, -0.2) is 0 Å². The molecule has 3 atom stereocenters. The van der Waals surface area contributed by atoms with Gasteiger partial charge in [0.2, 0.25) is 0 Å². The van der Waals surface area contributed by atoms with Crippen LogP contribution in [0.2, 0.25) is 0 Å². The number of esters is 1. The van der Waals surface area contributed by atoms with Gasteiger partial charge in [-0.1, -0.05) is 0 Å². The molecule has 0 saturated heterocycles. The second-order valence-electron chi connectivity index (χ2n) is 3.72. The summed E-state index contributed by atoms with van der Waals surface area (Å²) in [4.78, 5) is 10.8. The molecule has 0 aromatic rings. The van der Waals surface area contributed by atoms with Crippen LogP contribution < -0.4 is 0 Å². The van der Waals surface area contributed by atoms with E-state index in [4.69, 9.17) is 18.9 Å². The lowest BCUT2D eigenvalue weighted by molar-refractivity contribution is -0.252. The largest absolute Gasteiger partial charge is 0.463 e. The van der Waals surface area contributed by atoms with Crippen LogP contribution in [0, 0.1) is 0 Å². The van der Waals surface area contributed by atoms with Crippen molar-refractivity contribution in [2.45, 2.75) is 38.4 Å². The number of ether oxygens (including phenoxy) is 4. The number of hydrogen-bond acceptors (Lipinski definition) is 5. The van der Waals surface area contributed by atoms with Crippen LogP contribution in [0.4, 0.5) is 0 Å². The van der Waals surface area contributed by atoms with Gasteiger partial charge in [-0.15, -0.1) is 0 Å². The van der Waals surface area contributed by atoms with E-state index in [9.17, 15) is 4.79 Å². The van der Waals surface area contributed by atoms with Crippen molar-refractivity contribution in [2.75, 3.05) is 14.2 Å². The Morgan fingerprint density at radius 3 is 2.69 bits per heavy atom. The van der Waals surface area contributed by atoms with Crippen molar-refractivity contribution in [1.29, 1.82) is 0 Å². The molecule has 0 bridgehead atoms. The minimum Gasteiger partial charge on any atom is -0.463 e. The molecule has 0 radical (unpaired) electrons. The lowest BCUT2D eigenvalue weighted by atomic mass is 10.1. The summed E-state index contributed by atoms with van der Waals surface area (Å²) in [6, 6.07) is 0. The summed E-state index contributed by atoms with van der Waals surface area (Å²) in [5.74, 6) is -1.18. The van der Waals surface area contributed by atoms with Crippen molar-refractivity contribution < 1.29 is 23.7 Å². The topological polar surface area (TPSA) is 54.0 Å². The fourth-order valence-corrected chi connectivity index (χ4v) is 1.67. The van der Waals surface area contributed by atoms with Crippen LogP contribution in [-0.2, 0) is 23.7 Å². The predicted octanol–water partition coefficient (Wildman–Crippen LogP) is 1.23. The summed E-state index contributed by atoms with van der Waals surface area (Å²) in [5.41, 5.74) is 0. The van der Waals surface area contributed by atoms with Crippen LogP contribution in [0.25, 0.3) is 0 Å². The predicted molar refractivity (Wildman–Crippen MR) is 56.6 cm³/mol. The Balaban J connectivity index is 2.56. The van der Waals surface area contributed by atoms with Crippen molar-refractivity contribution in [3.8, 4) is 0 Å². The molecule has 0 fully saturated rings. The van der Waals surface area contributed by atoms with Crippen molar-refractivity contribution in [3.63, 3.8) is 0 Å². The summed E-state index contributed by atoms with van der Waals surface area (Å²) in [5, 5.41) is 0. The van der Waals surface area contributed by atoms with Crippen LogP contribution in [0.3, 0.4) is 0 Å². The smallest absolute Gasteiger partial charge is 0.302 e. The fourth-order valence-electron chi connectivity index (χ4n) is 1.67. The highest BCUT2D eigenvalue weighted by Gasteiger charge is 2.38. The molecule has 1 heterocycles. The summed E-state index contributed by atoms with van der Waals surface area (Å²) in [7, 11) is 3.10. The van der Waals surface area contributed by atoms with Crippen molar-refractivity contribution in [1.82, 2.24) is 0 Å². The molecule has 16 heavy (non-hydrogen) atoms. The van der Waals surface area contributed by atoms with E-state index in [0.29, 0.717) is 6.42 Å². The fraction of sp³-hybridized carbons (Fsp3) is 0.727. The summed E-state index contributed by atoms with van der Waals surface area (Å²) >= 11 is 0. The molecule has 0 N–H and O–H groups in total. The van der Waals surface area contributed by atoms with Crippen molar-refractivity contribution >= 4 is 5.97 Å². The highest BCUT2D eigenvalue weighted by atomic mass is 16.8. The first-order valence-corrected chi connectivity index (χ1v) is 5.13. The van der Waals surface area contributed by atoms with Crippen LogP contribution in [0.5, 0.6) is 0 Å². The van der Waals surface area contributed by atoms with Gasteiger partial charge in [-0.3, -0.25) is 4.79 Å². The Morgan fingerprint density at radius 2 is 2.25 bits per heavy atom. The van der Waals surface area contributed by atoms with Gasteiger partial charge in [0.25, 0.3) is 0 Å². The van der Waals surface area contributed by atoms with E-state index < -0.39 is 12.1 Å². The molecule has 1 rings (SSSR count). The van der Waals surface area contributed by atoms with Crippen LogP contribution in [-0.4, -0.2) is 38.4 Å². The highest BCUT2D eigenvalue weighted by Crippen LogP contribution is 2.30. The third-order valence-electron chi connectivity index (χ3n) is 2.34. The van der Waals surface area contributed by atoms with E-state index in [1.54, 1.807) is 33.3 Å². The quantitative estimate of drug-likeness (QED) is 0.525. The van der Waals surface area contributed by atoms with E-state index in [1.165, 1.54) is 6.92 Å². The molecule has 0 aromatic carbocycles. The molecule has 1 aliphatic heterocycles. The van der Waals surface area contributed by atoms with Gasteiger partial charge in [0.05, 0.1) is 0 Å². The molecule has 1 aliphatic rings. The van der Waals surface area contributed by atoms with Crippen molar-refractivity contribution in [3.05, 3.63) is 12.2 Å². The zero-order valence-electron chi connectivity index (χ0n) is 10.1. The van der Waals surface area contributed by atoms with Gasteiger partial charge < -0.3 is 18.9 Å². The number of carbonyl (C=O) groups is 1. The Kier molecular flexibility index (Phi) is 4.46. The molecule has 0 aliphatic carbocycles. The number of carbonyl (C=O) groups excluding carboxylic acids is 1. The van der Waals surface area contributed by atoms with Crippen LogP contribution in [0.1, 0.15) is 20.3 Å². The Bertz CT molecular complexity index is 276. The average Bonchev–Trinajstić information content (AvgIpc) is 2.61. The normalized spacial score (nSPS) is 30.4. The molecule has 3 unspecified atom stereocenters. The molecule has 5 nitrogen and oxygen atoms in total. The first-order chi connectivity index (χ1) is 7.51. The molecule has 5 heteroatoms. The molecule has 0 amide bonds. The zero-order valence-corrected chi connectivity index (χ0v) is 10.1. The maximum atomic E-state index is 10.8. The molecule has 0 aromatic heterocycles. The first kappa shape index (κ1) is 13.2. The van der Waals surface area contributed by atoms with Gasteiger partial charge in [0, 0.05) is 27.6 Å². The summed E-state index contributed by atoms with van der Waals surface area (Å²) in [6.45, 7) is 3.17. The molecular weight excluding hydrogens is 212 g/mol. The maximum Gasteiger partial charge on any atom is 0.302 e. The lowest BCUT2D eigenvalue weighted by Crippen LogP contribution is -2.36. The SMILES string of the molecule is COC1C=CC(CC(C)OC(C)=O)(OC)O1. The summed E-state index contributed by atoms with van der Waals surface area (Å²) in [6.07, 6.45) is 3.28. The first-order valence-electron chi connectivity index (χ1n) is 5.13. The lowest BCUT2D eigenvalue weighted by Gasteiger charge is -2.29. The second kappa shape index (κ2) is 5.43. The summed E-state index contributed by atoms with van der Waals surface area (Å²) < 4.78 is 20.9. The van der Waals surface area contributed by atoms with E-state index in [1.807, 2.05) is 0 Å². The van der Waals surface area contributed by atoms with Crippen LogP contribution >= 0.6 is 0 Å². The highest BCUT2D eigenvalue weighted by molar-refractivity contribution is 5.66. The van der Waals surface area contributed by atoms with Gasteiger partial charge >= 0.3 is 5.97 Å². The number of methoxy groups -OCH3 is 2. The zero-order chi connectivity index (χ0) is 12.2. The van der Waals surface area contributed by atoms with Crippen LogP contribution in [0.15, 0.2) is 12.2 Å². The second-order valence-corrected chi connectivity index (χ2v) is 3.72. The third-order valence-corrected chi connectivity index (χ3v) is 2.34. The molecule has 0 spiro atoms. The van der Waals surface area contributed by atoms with Gasteiger partial charge in [-0.2, -0.15) is 0 Å². The Morgan fingerprint density at radius 1 is 1.56 bits per heavy atom. The molecule has 92 valence electrons. The van der Waals surface area contributed by atoms with Gasteiger partial charge in [-0.05, 0) is 19.1 Å². The molecular formula is C11H18O5. The van der Waals surface area contributed by atoms with Gasteiger partial charge in [0.1, 0.15) is 6.10 Å². The average molecular weight is 230 g/mol. The molecule has 0 saturated carbocycles. The van der Waals surface area contributed by atoms with Crippen molar-refractivity contribution in [2.24, 2.45) is 0 Å². The van der Waals surface area contributed by atoms with E-state index >= 15 is 0 Å². The number of hydrogen-bond donors (Lipinski definition) is 0. The Labute approximate surface area is 95.3 Å². The maximum absolute atomic E-state index is 10.8.